The first kappa shape index (κ1) is 13.1. The van der Waals surface area contributed by atoms with Crippen LogP contribution in [0.25, 0.3) is 0 Å². The summed E-state index contributed by atoms with van der Waals surface area (Å²) in [5, 5.41) is 11.8. The second-order valence-electron chi connectivity index (χ2n) is 4.60. The fourth-order valence-corrected chi connectivity index (χ4v) is 3.29. The molecule has 3 N–H and O–H groups in total. The molecule has 4 nitrogen and oxygen atoms in total. The van der Waals surface area contributed by atoms with Gasteiger partial charge in [0.25, 0.3) is 0 Å². The van der Waals surface area contributed by atoms with Crippen molar-refractivity contribution in [3.05, 3.63) is 29.3 Å². The zero-order valence-corrected chi connectivity index (χ0v) is 11.6. The smallest absolute Gasteiger partial charge is 0.170 e. The van der Waals surface area contributed by atoms with E-state index in [2.05, 4.69) is 23.0 Å². The van der Waals surface area contributed by atoms with E-state index in [1.165, 1.54) is 17.2 Å². The lowest BCUT2D eigenvalue weighted by Gasteiger charge is -2.35. The zero-order chi connectivity index (χ0) is 13.1. The van der Waals surface area contributed by atoms with Crippen molar-refractivity contribution in [1.29, 1.82) is 0 Å². The van der Waals surface area contributed by atoms with E-state index in [1.807, 2.05) is 30.8 Å². The highest BCUT2D eigenvalue weighted by Crippen LogP contribution is 2.25. The van der Waals surface area contributed by atoms with Crippen LogP contribution in [0.2, 0.25) is 0 Å². The third-order valence-electron chi connectivity index (χ3n) is 3.29. The molecule has 0 aromatic heterocycles. The van der Waals surface area contributed by atoms with E-state index in [-0.39, 0.29) is 5.84 Å². The summed E-state index contributed by atoms with van der Waals surface area (Å²) >= 11 is 2.00. The third-order valence-corrected chi connectivity index (χ3v) is 4.48. The summed E-state index contributed by atoms with van der Waals surface area (Å²) in [6, 6.07) is 6.64. The highest BCUT2D eigenvalue weighted by molar-refractivity contribution is 7.99. The molecule has 0 bridgehead atoms. The van der Waals surface area contributed by atoms with Crippen LogP contribution in [0.5, 0.6) is 0 Å². The number of benzene rings is 1. The lowest BCUT2D eigenvalue weighted by molar-refractivity contribution is 0.318. The van der Waals surface area contributed by atoms with Gasteiger partial charge >= 0.3 is 0 Å². The predicted octanol–water partition coefficient (Wildman–Crippen LogP) is 2.03. The topological polar surface area (TPSA) is 61.8 Å². The molecule has 1 fully saturated rings. The van der Waals surface area contributed by atoms with Gasteiger partial charge in [-0.3, -0.25) is 0 Å². The Morgan fingerprint density at radius 3 is 2.94 bits per heavy atom. The first-order valence-corrected chi connectivity index (χ1v) is 7.22. The number of nitrogens with two attached hydrogens (primary N) is 1. The van der Waals surface area contributed by atoms with Gasteiger partial charge in [0, 0.05) is 35.3 Å². The van der Waals surface area contributed by atoms with Gasteiger partial charge in [0.2, 0.25) is 0 Å². The Labute approximate surface area is 112 Å². The molecule has 2 rings (SSSR count). The van der Waals surface area contributed by atoms with E-state index in [9.17, 15) is 0 Å². The van der Waals surface area contributed by atoms with Crippen molar-refractivity contribution in [1.82, 2.24) is 0 Å². The molecular formula is C13H19N3OS. The molecular weight excluding hydrogens is 246 g/mol. The van der Waals surface area contributed by atoms with E-state index < -0.39 is 0 Å². The molecule has 1 aliphatic rings. The van der Waals surface area contributed by atoms with Gasteiger partial charge in [-0.15, -0.1) is 0 Å². The number of rotatable bonds is 2. The molecule has 1 heterocycles. The number of hydrogen-bond acceptors (Lipinski definition) is 4. The van der Waals surface area contributed by atoms with Gasteiger partial charge in [-0.1, -0.05) is 5.16 Å². The zero-order valence-electron chi connectivity index (χ0n) is 10.8. The lowest BCUT2D eigenvalue weighted by atomic mass is 10.1. The molecule has 0 aliphatic carbocycles. The number of oxime groups is 1. The highest BCUT2D eigenvalue weighted by Gasteiger charge is 2.19. The van der Waals surface area contributed by atoms with E-state index >= 15 is 0 Å². The Hall–Kier alpha value is -1.36. The van der Waals surface area contributed by atoms with Gasteiger partial charge < -0.3 is 15.8 Å². The van der Waals surface area contributed by atoms with Crippen LogP contribution >= 0.6 is 11.8 Å². The monoisotopic (exact) mass is 265 g/mol. The van der Waals surface area contributed by atoms with E-state index in [4.69, 9.17) is 10.9 Å². The van der Waals surface area contributed by atoms with Crippen molar-refractivity contribution in [3.63, 3.8) is 0 Å². The minimum Gasteiger partial charge on any atom is -0.409 e. The Kier molecular flexibility index (Phi) is 4.01. The molecule has 1 saturated heterocycles. The van der Waals surface area contributed by atoms with Crippen molar-refractivity contribution in [2.45, 2.75) is 19.9 Å². The van der Waals surface area contributed by atoms with Crippen molar-refractivity contribution in [2.24, 2.45) is 10.9 Å². The Morgan fingerprint density at radius 1 is 1.56 bits per heavy atom. The van der Waals surface area contributed by atoms with Crippen LogP contribution in [0.1, 0.15) is 18.1 Å². The molecule has 1 atom stereocenters. The minimum atomic E-state index is 0.168. The summed E-state index contributed by atoms with van der Waals surface area (Å²) in [5.41, 5.74) is 8.68. The van der Waals surface area contributed by atoms with Gasteiger partial charge in [0.1, 0.15) is 0 Å². The van der Waals surface area contributed by atoms with Crippen molar-refractivity contribution in [2.75, 3.05) is 23.0 Å². The van der Waals surface area contributed by atoms with Crippen LogP contribution in [-0.2, 0) is 0 Å². The quantitative estimate of drug-likeness (QED) is 0.372. The largest absolute Gasteiger partial charge is 0.409 e. The summed E-state index contributed by atoms with van der Waals surface area (Å²) in [4.78, 5) is 2.42. The number of nitrogens with zero attached hydrogens (tertiary/aromatic N) is 2. The summed E-state index contributed by atoms with van der Waals surface area (Å²) in [5.74, 6) is 2.51. The molecule has 0 amide bonds. The average Bonchev–Trinajstić information content (AvgIpc) is 2.38. The molecule has 0 saturated carbocycles. The Balaban J connectivity index is 2.28. The number of anilines is 1. The van der Waals surface area contributed by atoms with Crippen molar-refractivity contribution < 1.29 is 5.21 Å². The normalized spacial score (nSPS) is 21.1. The first-order chi connectivity index (χ1) is 8.63. The van der Waals surface area contributed by atoms with Crippen LogP contribution in [0.3, 0.4) is 0 Å². The molecule has 0 radical (unpaired) electrons. The summed E-state index contributed by atoms with van der Waals surface area (Å²) in [6.45, 7) is 5.31. The van der Waals surface area contributed by atoms with Crippen LogP contribution in [0, 0.1) is 6.92 Å². The van der Waals surface area contributed by atoms with Gasteiger partial charge in [-0.25, -0.2) is 0 Å². The molecule has 1 aromatic carbocycles. The van der Waals surface area contributed by atoms with E-state index in [0.717, 1.165) is 17.7 Å². The molecule has 18 heavy (non-hydrogen) atoms. The maximum absolute atomic E-state index is 8.72. The highest BCUT2D eigenvalue weighted by atomic mass is 32.2. The summed E-state index contributed by atoms with van der Waals surface area (Å²) < 4.78 is 0. The van der Waals surface area contributed by atoms with Gasteiger partial charge in [-0.05, 0) is 37.6 Å². The van der Waals surface area contributed by atoms with Crippen LogP contribution in [-0.4, -0.2) is 35.1 Å². The Morgan fingerprint density at radius 2 is 2.33 bits per heavy atom. The van der Waals surface area contributed by atoms with Gasteiger partial charge in [0.05, 0.1) is 0 Å². The van der Waals surface area contributed by atoms with Crippen LogP contribution < -0.4 is 10.6 Å². The minimum absolute atomic E-state index is 0.168. The molecule has 1 aliphatic heterocycles. The number of thioether (sulfide) groups is 1. The van der Waals surface area contributed by atoms with Gasteiger partial charge in [-0.2, -0.15) is 11.8 Å². The van der Waals surface area contributed by atoms with Crippen LogP contribution in [0.4, 0.5) is 5.69 Å². The summed E-state index contributed by atoms with van der Waals surface area (Å²) in [6.07, 6.45) is 0. The van der Waals surface area contributed by atoms with Crippen LogP contribution in [0.15, 0.2) is 23.4 Å². The van der Waals surface area contributed by atoms with Gasteiger partial charge in [0.15, 0.2) is 5.84 Å². The van der Waals surface area contributed by atoms with E-state index in [1.54, 1.807) is 0 Å². The third kappa shape index (κ3) is 2.56. The molecule has 0 spiro atoms. The maximum atomic E-state index is 8.72. The lowest BCUT2D eigenvalue weighted by Crippen LogP contribution is -2.40. The number of amidine groups is 1. The van der Waals surface area contributed by atoms with E-state index in [0.29, 0.717) is 6.04 Å². The second kappa shape index (κ2) is 5.52. The number of aryl methyl sites for hydroxylation is 1. The molecule has 5 heteroatoms. The Bertz CT molecular complexity index is 462. The molecule has 98 valence electrons. The fourth-order valence-electron chi connectivity index (χ4n) is 2.28. The average molecular weight is 265 g/mol. The first-order valence-electron chi connectivity index (χ1n) is 6.06. The molecule has 1 aromatic rings. The maximum Gasteiger partial charge on any atom is 0.170 e. The van der Waals surface area contributed by atoms with Crippen molar-refractivity contribution in [3.8, 4) is 0 Å². The summed E-state index contributed by atoms with van der Waals surface area (Å²) in [7, 11) is 0. The molecule has 1 unspecified atom stereocenters. The predicted molar refractivity (Wildman–Crippen MR) is 77.8 cm³/mol. The fraction of sp³-hybridized carbons (Fsp3) is 0.462. The second-order valence-corrected chi connectivity index (χ2v) is 5.75. The standard InChI is InChI=1S/C13H19N3OS/c1-9-7-11(3-4-12(9)13(14)15-17)16-5-6-18-8-10(16)2/h3-4,7,10,17H,5-6,8H2,1-2H3,(H2,14,15). The SMILES string of the molecule is Cc1cc(N2CCSCC2C)ccc1/C(N)=N/O. The number of hydrogen-bond donors (Lipinski definition) is 2. The van der Waals surface area contributed by atoms with Crippen molar-refractivity contribution >= 4 is 23.3 Å².